The van der Waals surface area contributed by atoms with Gasteiger partial charge in [0.2, 0.25) is 0 Å². The van der Waals surface area contributed by atoms with Crippen LogP contribution in [0.2, 0.25) is 5.02 Å². The largest absolute Gasteiger partial charge is 0.367 e. The highest BCUT2D eigenvalue weighted by atomic mass is 79.9. The van der Waals surface area contributed by atoms with E-state index in [1.165, 1.54) is 0 Å². The Kier molecular flexibility index (Phi) is 4.11. The highest BCUT2D eigenvalue weighted by Crippen LogP contribution is 2.34. The fraction of sp³-hybridized carbons (Fsp3) is 0.500. The lowest BCUT2D eigenvalue weighted by Crippen LogP contribution is -2.46. The molecule has 0 radical (unpaired) electrons. The molecule has 16 heavy (non-hydrogen) atoms. The van der Waals surface area contributed by atoms with Gasteiger partial charge in [-0.2, -0.15) is 0 Å². The van der Waals surface area contributed by atoms with Crippen LogP contribution in [0.5, 0.6) is 0 Å². The first-order valence-corrected chi connectivity index (χ1v) is 6.80. The molecule has 1 fully saturated rings. The molecular weight excluding hydrogens is 288 g/mol. The average Bonchev–Trinajstić information content (AvgIpc) is 2.30. The maximum absolute atomic E-state index is 6.25. The average molecular weight is 304 g/mol. The molecule has 0 saturated carbocycles. The van der Waals surface area contributed by atoms with Crippen molar-refractivity contribution in [3.63, 3.8) is 0 Å². The zero-order chi connectivity index (χ0) is 11.5. The SMILES string of the molecule is CCN1CCN(c2c(Cl)cccc2Br)CC1. The van der Waals surface area contributed by atoms with Crippen LogP contribution in [0.15, 0.2) is 22.7 Å². The van der Waals surface area contributed by atoms with Gasteiger partial charge in [0.1, 0.15) is 0 Å². The Bertz CT molecular complexity index is 342. The van der Waals surface area contributed by atoms with E-state index in [0.29, 0.717) is 0 Å². The Morgan fingerprint density at radius 1 is 1.25 bits per heavy atom. The van der Waals surface area contributed by atoms with Crippen LogP contribution in [-0.2, 0) is 0 Å². The van der Waals surface area contributed by atoms with Crippen LogP contribution in [0, 0.1) is 0 Å². The van der Waals surface area contributed by atoms with Gasteiger partial charge in [0.05, 0.1) is 10.7 Å². The zero-order valence-corrected chi connectivity index (χ0v) is 11.8. The van der Waals surface area contributed by atoms with Crippen LogP contribution in [0.3, 0.4) is 0 Å². The number of hydrogen-bond donors (Lipinski definition) is 0. The van der Waals surface area contributed by atoms with Crippen molar-refractivity contribution in [2.24, 2.45) is 0 Å². The zero-order valence-electron chi connectivity index (χ0n) is 9.42. The fourth-order valence-corrected chi connectivity index (χ4v) is 3.10. The first kappa shape index (κ1) is 12.2. The second kappa shape index (κ2) is 5.39. The number of piperazine rings is 1. The lowest BCUT2D eigenvalue weighted by molar-refractivity contribution is 0.271. The Balaban J connectivity index is 2.14. The third-order valence-electron chi connectivity index (χ3n) is 3.07. The number of benzene rings is 1. The van der Waals surface area contributed by atoms with Crippen molar-refractivity contribution >= 4 is 33.2 Å². The fourth-order valence-electron chi connectivity index (χ4n) is 2.08. The molecule has 1 saturated heterocycles. The second-order valence-corrected chi connectivity index (χ2v) is 5.25. The molecule has 0 bridgehead atoms. The van der Waals surface area contributed by atoms with Gasteiger partial charge in [-0.25, -0.2) is 0 Å². The molecule has 4 heteroatoms. The van der Waals surface area contributed by atoms with Crippen molar-refractivity contribution in [2.75, 3.05) is 37.6 Å². The predicted octanol–water partition coefficient (Wildman–Crippen LogP) is 3.24. The Labute approximate surface area is 110 Å². The normalized spacial score (nSPS) is 17.8. The summed E-state index contributed by atoms with van der Waals surface area (Å²) in [6.45, 7) is 7.69. The number of para-hydroxylation sites is 1. The Morgan fingerprint density at radius 3 is 2.50 bits per heavy atom. The van der Waals surface area contributed by atoms with Gasteiger partial charge in [-0.3, -0.25) is 0 Å². The third-order valence-corrected chi connectivity index (χ3v) is 4.02. The number of likely N-dealkylation sites (N-methyl/N-ethyl adjacent to an activating group) is 1. The van der Waals surface area contributed by atoms with E-state index in [1.54, 1.807) is 0 Å². The van der Waals surface area contributed by atoms with Crippen LogP contribution >= 0.6 is 27.5 Å². The van der Waals surface area contributed by atoms with Crippen molar-refractivity contribution in [1.29, 1.82) is 0 Å². The number of halogens is 2. The molecule has 0 amide bonds. The molecule has 2 rings (SSSR count). The van der Waals surface area contributed by atoms with Crippen molar-refractivity contribution in [2.45, 2.75) is 6.92 Å². The maximum Gasteiger partial charge on any atom is 0.0700 e. The van der Waals surface area contributed by atoms with Crippen molar-refractivity contribution in [3.8, 4) is 0 Å². The first-order valence-electron chi connectivity index (χ1n) is 5.63. The van der Waals surface area contributed by atoms with Crippen LogP contribution in [-0.4, -0.2) is 37.6 Å². The minimum Gasteiger partial charge on any atom is -0.367 e. The van der Waals surface area contributed by atoms with Gasteiger partial charge in [0.15, 0.2) is 0 Å². The Hall–Kier alpha value is -0.250. The van der Waals surface area contributed by atoms with Gasteiger partial charge >= 0.3 is 0 Å². The number of rotatable bonds is 2. The summed E-state index contributed by atoms with van der Waals surface area (Å²) in [5.41, 5.74) is 1.14. The van der Waals surface area contributed by atoms with E-state index in [2.05, 4.69) is 32.7 Å². The van der Waals surface area contributed by atoms with E-state index in [4.69, 9.17) is 11.6 Å². The molecule has 1 aliphatic rings. The molecule has 1 aliphatic heterocycles. The summed E-state index contributed by atoms with van der Waals surface area (Å²) in [5.74, 6) is 0. The lowest BCUT2D eigenvalue weighted by Gasteiger charge is -2.36. The van der Waals surface area contributed by atoms with Gasteiger partial charge in [0, 0.05) is 30.7 Å². The monoisotopic (exact) mass is 302 g/mol. The van der Waals surface area contributed by atoms with Crippen LogP contribution in [0.1, 0.15) is 6.92 Å². The summed E-state index contributed by atoms with van der Waals surface area (Å²) >= 11 is 9.82. The standard InChI is InChI=1S/C12H16BrClN2/c1-2-15-6-8-16(9-7-15)12-10(13)4-3-5-11(12)14/h3-5H,2,6-9H2,1H3. The molecule has 1 aromatic rings. The molecule has 1 aromatic carbocycles. The van der Waals surface area contributed by atoms with E-state index in [1.807, 2.05) is 18.2 Å². The summed E-state index contributed by atoms with van der Waals surface area (Å²) in [6.07, 6.45) is 0. The smallest absolute Gasteiger partial charge is 0.0700 e. The minimum absolute atomic E-state index is 0.833. The molecule has 1 heterocycles. The molecule has 0 aliphatic carbocycles. The van der Waals surface area contributed by atoms with Gasteiger partial charge in [0.25, 0.3) is 0 Å². The van der Waals surface area contributed by atoms with Gasteiger partial charge in [-0.05, 0) is 34.6 Å². The molecular formula is C12H16BrClN2. The molecule has 0 aromatic heterocycles. The van der Waals surface area contributed by atoms with Crippen molar-refractivity contribution < 1.29 is 0 Å². The molecule has 0 spiro atoms. The quantitative estimate of drug-likeness (QED) is 0.827. The minimum atomic E-state index is 0.833. The Morgan fingerprint density at radius 2 is 1.94 bits per heavy atom. The van der Waals surface area contributed by atoms with Crippen LogP contribution in [0.4, 0.5) is 5.69 Å². The van der Waals surface area contributed by atoms with E-state index >= 15 is 0 Å². The third kappa shape index (κ3) is 2.53. The highest BCUT2D eigenvalue weighted by Gasteiger charge is 2.19. The van der Waals surface area contributed by atoms with Crippen molar-refractivity contribution in [1.82, 2.24) is 4.90 Å². The number of nitrogens with zero attached hydrogens (tertiary/aromatic N) is 2. The van der Waals surface area contributed by atoms with Crippen LogP contribution in [0.25, 0.3) is 0 Å². The molecule has 0 atom stereocenters. The van der Waals surface area contributed by atoms with E-state index in [-0.39, 0.29) is 0 Å². The summed E-state index contributed by atoms with van der Waals surface area (Å²) in [5, 5.41) is 0.833. The molecule has 88 valence electrons. The molecule has 0 N–H and O–H groups in total. The summed E-state index contributed by atoms with van der Waals surface area (Å²) in [7, 11) is 0. The topological polar surface area (TPSA) is 6.48 Å². The number of hydrogen-bond acceptors (Lipinski definition) is 2. The van der Waals surface area contributed by atoms with E-state index in [9.17, 15) is 0 Å². The lowest BCUT2D eigenvalue weighted by atomic mass is 10.2. The predicted molar refractivity (Wildman–Crippen MR) is 73.5 cm³/mol. The van der Waals surface area contributed by atoms with Gasteiger partial charge in [-0.15, -0.1) is 0 Å². The molecule has 2 nitrogen and oxygen atoms in total. The van der Waals surface area contributed by atoms with Crippen molar-refractivity contribution in [3.05, 3.63) is 27.7 Å². The van der Waals surface area contributed by atoms with E-state index < -0.39 is 0 Å². The second-order valence-electron chi connectivity index (χ2n) is 3.99. The van der Waals surface area contributed by atoms with Gasteiger partial charge < -0.3 is 9.80 Å². The summed E-state index contributed by atoms with van der Waals surface area (Å²) in [4.78, 5) is 4.82. The number of anilines is 1. The highest BCUT2D eigenvalue weighted by molar-refractivity contribution is 9.10. The summed E-state index contributed by atoms with van der Waals surface area (Å²) in [6, 6.07) is 5.97. The van der Waals surface area contributed by atoms with Crippen LogP contribution < -0.4 is 4.90 Å². The molecule has 0 unspecified atom stereocenters. The van der Waals surface area contributed by atoms with Gasteiger partial charge in [-0.1, -0.05) is 24.6 Å². The van der Waals surface area contributed by atoms with E-state index in [0.717, 1.165) is 47.9 Å². The maximum atomic E-state index is 6.25. The first-order chi connectivity index (χ1) is 7.72. The summed E-state index contributed by atoms with van der Waals surface area (Å²) < 4.78 is 1.09.